The van der Waals surface area contributed by atoms with E-state index in [1.54, 1.807) is 0 Å². The molecule has 0 aliphatic carbocycles. The van der Waals surface area contributed by atoms with Gasteiger partial charge in [0.25, 0.3) is 0 Å². The second kappa shape index (κ2) is 6.31. The average Bonchev–Trinajstić information content (AvgIpc) is 2.24. The maximum Gasteiger partial charge on any atom is 0.00721 e. The third kappa shape index (κ3) is 4.58. The molecule has 0 heterocycles. The van der Waals surface area contributed by atoms with Crippen molar-refractivity contribution >= 4 is 11.8 Å². The Morgan fingerprint density at radius 1 is 1.06 bits per heavy atom. The first-order chi connectivity index (χ1) is 7.54. The Balaban J connectivity index is 2.46. The summed E-state index contributed by atoms with van der Waals surface area (Å²) >= 11 is 1.92. The van der Waals surface area contributed by atoms with Crippen LogP contribution in [0.1, 0.15) is 39.2 Å². The minimum absolute atomic E-state index is 0.253. The zero-order valence-electron chi connectivity index (χ0n) is 10.6. The summed E-state index contributed by atoms with van der Waals surface area (Å²) in [6.07, 6.45) is 2.34. The van der Waals surface area contributed by atoms with Crippen molar-refractivity contribution in [1.29, 1.82) is 0 Å². The van der Waals surface area contributed by atoms with E-state index in [0.29, 0.717) is 0 Å². The molecule has 1 aromatic carbocycles. The Labute approximate surface area is 104 Å². The lowest BCUT2D eigenvalue weighted by Gasteiger charge is -2.19. The van der Waals surface area contributed by atoms with E-state index in [-0.39, 0.29) is 5.41 Å². The first kappa shape index (κ1) is 13.6. The number of rotatable bonds is 5. The van der Waals surface area contributed by atoms with Crippen molar-refractivity contribution in [2.24, 2.45) is 5.73 Å². The molecule has 1 nitrogen and oxygen atoms in total. The van der Waals surface area contributed by atoms with E-state index in [2.05, 4.69) is 45.0 Å². The summed E-state index contributed by atoms with van der Waals surface area (Å²) in [6.45, 7) is 7.55. The van der Waals surface area contributed by atoms with Crippen LogP contribution in [0.2, 0.25) is 0 Å². The highest BCUT2D eigenvalue weighted by Crippen LogP contribution is 2.25. The number of hydrogen-bond donors (Lipinski definition) is 1. The zero-order chi connectivity index (χ0) is 12.0. The van der Waals surface area contributed by atoms with Gasteiger partial charge >= 0.3 is 0 Å². The van der Waals surface area contributed by atoms with E-state index >= 15 is 0 Å². The normalized spacial score (nSPS) is 11.8. The standard InChI is InChI=1S/C14H23NS/c1-14(2,3)12-6-8-13(9-7-12)16-11-5-4-10-15/h6-9H,4-5,10-11,15H2,1-3H3. The molecular weight excluding hydrogens is 214 g/mol. The van der Waals surface area contributed by atoms with Gasteiger partial charge in [-0.25, -0.2) is 0 Å². The molecule has 0 atom stereocenters. The number of hydrogen-bond acceptors (Lipinski definition) is 2. The molecule has 2 heteroatoms. The molecular formula is C14H23NS. The van der Waals surface area contributed by atoms with Gasteiger partial charge in [-0.15, -0.1) is 11.8 Å². The minimum Gasteiger partial charge on any atom is -0.330 e. The van der Waals surface area contributed by atoms with Crippen LogP contribution >= 0.6 is 11.8 Å². The van der Waals surface area contributed by atoms with Crippen molar-refractivity contribution < 1.29 is 0 Å². The van der Waals surface area contributed by atoms with Crippen molar-refractivity contribution in [3.05, 3.63) is 29.8 Å². The van der Waals surface area contributed by atoms with E-state index in [9.17, 15) is 0 Å². The van der Waals surface area contributed by atoms with Crippen molar-refractivity contribution in [3.63, 3.8) is 0 Å². The summed E-state index contributed by atoms with van der Waals surface area (Å²) in [6, 6.07) is 8.94. The second-order valence-electron chi connectivity index (χ2n) is 5.12. The molecule has 0 bridgehead atoms. The molecule has 2 N–H and O–H groups in total. The summed E-state index contributed by atoms with van der Waals surface area (Å²) in [7, 11) is 0. The van der Waals surface area contributed by atoms with Crippen LogP contribution in [0.5, 0.6) is 0 Å². The Morgan fingerprint density at radius 3 is 2.19 bits per heavy atom. The highest BCUT2D eigenvalue weighted by atomic mass is 32.2. The SMILES string of the molecule is CC(C)(C)c1ccc(SCCCCN)cc1. The van der Waals surface area contributed by atoms with Crippen LogP contribution < -0.4 is 5.73 Å². The van der Waals surface area contributed by atoms with Crippen LogP contribution in [-0.4, -0.2) is 12.3 Å². The molecule has 1 rings (SSSR count). The minimum atomic E-state index is 0.253. The molecule has 90 valence electrons. The van der Waals surface area contributed by atoms with Gasteiger partial charge in [0.1, 0.15) is 0 Å². The lowest BCUT2D eigenvalue weighted by atomic mass is 9.87. The smallest absolute Gasteiger partial charge is 0.00721 e. The largest absolute Gasteiger partial charge is 0.330 e. The molecule has 0 aliphatic rings. The van der Waals surface area contributed by atoms with E-state index in [1.165, 1.54) is 22.6 Å². The molecule has 0 fully saturated rings. The quantitative estimate of drug-likeness (QED) is 0.622. The second-order valence-corrected chi connectivity index (χ2v) is 6.29. The predicted molar refractivity (Wildman–Crippen MR) is 74.2 cm³/mol. The van der Waals surface area contributed by atoms with Gasteiger partial charge in [-0.2, -0.15) is 0 Å². The fraction of sp³-hybridized carbons (Fsp3) is 0.571. The molecule has 1 aromatic rings. The van der Waals surface area contributed by atoms with E-state index in [1.807, 2.05) is 11.8 Å². The third-order valence-electron chi connectivity index (χ3n) is 2.59. The molecule has 0 unspecified atom stereocenters. The number of nitrogens with two attached hydrogens (primary N) is 1. The highest BCUT2D eigenvalue weighted by molar-refractivity contribution is 7.99. The Hall–Kier alpha value is -0.470. The van der Waals surface area contributed by atoms with Crippen molar-refractivity contribution in [1.82, 2.24) is 0 Å². The monoisotopic (exact) mass is 237 g/mol. The predicted octanol–water partition coefficient (Wildman–Crippen LogP) is 3.82. The molecule has 0 saturated heterocycles. The van der Waals surface area contributed by atoms with Gasteiger partial charge in [0.15, 0.2) is 0 Å². The van der Waals surface area contributed by atoms with Crippen LogP contribution in [0.4, 0.5) is 0 Å². The lowest BCUT2D eigenvalue weighted by molar-refractivity contribution is 0.590. The van der Waals surface area contributed by atoms with E-state index in [4.69, 9.17) is 5.73 Å². The van der Waals surface area contributed by atoms with Crippen LogP contribution in [0.25, 0.3) is 0 Å². The van der Waals surface area contributed by atoms with Gasteiger partial charge in [-0.3, -0.25) is 0 Å². The van der Waals surface area contributed by atoms with Crippen LogP contribution in [0, 0.1) is 0 Å². The zero-order valence-corrected chi connectivity index (χ0v) is 11.4. The summed E-state index contributed by atoms with van der Waals surface area (Å²) in [4.78, 5) is 1.37. The van der Waals surface area contributed by atoms with Crippen LogP contribution in [-0.2, 0) is 5.41 Å². The van der Waals surface area contributed by atoms with Gasteiger partial charge in [-0.1, -0.05) is 32.9 Å². The molecule has 0 spiro atoms. The van der Waals surface area contributed by atoms with E-state index in [0.717, 1.165) is 13.0 Å². The summed E-state index contributed by atoms with van der Waals surface area (Å²) in [5.74, 6) is 1.17. The van der Waals surface area contributed by atoms with Crippen molar-refractivity contribution in [2.75, 3.05) is 12.3 Å². The van der Waals surface area contributed by atoms with Gasteiger partial charge < -0.3 is 5.73 Å². The lowest BCUT2D eigenvalue weighted by Crippen LogP contribution is -2.10. The Bertz CT molecular complexity index is 298. The van der Waals surface area contributed by atoms with Crippen molar-refractivity contribution in [2.45, 2.75) is 43.9 Å². The fourth-order valence-electron chi connectivity index (χ4n) is 1.49. The molecule has 0 radical (unpaired) electrons. The number of unbranched alkanes of at least 4 members (excludes halogenated alkanes) is 1. The average molecular weight is 237 g/mol. The van der Waals surface area contributed by atoms with Gasteiger partial charge in [-0.05, 0) is 48.3 Å². The number of benzene rings is 1. The van der Waals surface area contributed by atoms with Gasteiger partial charge in [0, 0.05) is 4.90 Å². The molecule has 0 amide bonds. The maximum atomic E-state index is 5.47. The topological polar surface area (TPSA) is 26.0 Å². The number of thioether (sulfide) groups is 1. The summed E-state index contributed by atoms with van der Waals surface area (Å²) in [5, 5.41) is 0. The van der Waals surface area contributed by atoms with Crippen LogP contribution in [0.15, 0.2) is 29.2 Å². The maximum absolute atomic E-state index is 5.47. The Morgan fingerprint density at radius 2 is 1.69 bits per heavy atom. The van der Waals surface area contributed by atoms with Gasteiger partial charge in [0.05, 0.1) is 0 Å². The first-order valence-electron chi connectivity index (χ1n) is 5.97. The highest BCUT2D eigenvalue weighted by Gasteiger charge is 2.12. The third-order valence-corrected chi connectivity index (χ3v) is 3.69. The fourth-order valence-corrected chi connectivity index (χ4v) is 2.40. The Kier molecular flexibility index (Phi) is 5.36. The molecule has 16 heavy (non-hydrogen) atoms. The summed E-state index contributed by atoms with van der Waals surface area (Å²) < 4.78 is 0. The molecule has 0 aliphatic heterocycles. The van der Waals surface area contributed by atoms with E-state index < -0.39 is 0 Å². The first-order valence-corrected chi connectivity index (χ1v) is 6.96. The van der Waals surface area contributed by atoms with Crippen molar-refractivity contribution in [3.8, 4) is 0 Å². The molecule has 0 saturated carbocycles. The molecule has 0 aromatic heterocycles. The van der Waals surface area contributed by atoms with Crippen LogP contribution in [0.3, 0.4) is 0 Å². The van der Waals surface area contributed by atoms with Gasteiger partial charge in [0.2, 0.25) is 0 Å². The summed E-state index contributed by atoms with van der Waals surface area (Å²) in [5.41, 5.74) is 7.12.